The first kappa shape index (κ1) is 18.9. The first-order valence-electron chi connectivity index (χ1n) is 8.02. The maximum absolute atomic E-state index is 12.2. The maximum Gasteiger partial charge on any atom is 0.326 e. The van der Waals surface area contributed by atoms with E-state index in [0.717, 1.165) is 25.2 Å². The van der Waals surface area contributed by atoms with Gasteiger partial charge in [0, 0.05) is 34.5 Å². The highest BCUT2D eigenvalue weighted by atomic mass is 79.9. The Morgan fingerprint density at radius 1 is 1.38 bits per heavy atom. The fourth-order valence-corrected chi connectivity index (χ4v) is 4.84. The van der Waals surface area contributed by atoms with E-state index < -0.39 is 27.9 Å². The fraction of sp³-hybridized carbons (Fsp3) is 0.375. The van der Waals surface area contributed by atoms with Gasteiger partial charge in [-0.15, -0.1) is 0 Å². The Balaban J connectivity index is 1.72. The van der Waals surface area contributed by atoms with E-state index in [9.17, 15) is 23.1 Å². The Labute approximate surface area is 158 Å². The molecule has 0 saturated carbocycles. The maximum atomic E-state index is 12.2. The van der Waals surface area contributed by atoms with Crippen LogP contribution in [0.15, 0.2) is 28.9 Å². The number of H-pyrrole nitrogens is 1. The molecule has 3 N–H and O–H groups in total. The lowest BCUT2D eigenvalue weighted by Gasteiger charge is -2.17. The number of halogens is 1. The number of nitrogens with one attached hydrogen (secondary N) is 2. The van der Waals surface area contributed by atoms with E-state index in [1.54, 1.807) is 6.20 Å². The molecule has 2 aromatic rings. The van der Waals surface area contributed by atoms with Gasteiger partial charge in [-0.3, -0.25) is 4.79 Å². The number of aromatic amines is 1. The van der Waals surface area contributed by atoms with Crippen LogP contribution in [0.5, 0.6) is 0 Å². The molecule has 1 aromatic heterocycles. The zero-order chi connectivity index (χ0) is 18.9. The van der Waals surface area contributed by atoms with Gasteiger partial charge in [0.2, 0.25) is 15.9 Å². The van der Waals surface area contributed by atoms with Crippen LogP contribution < -0.4 is 5.32 Å². The van der Waals surface area contributed by atoms with Crippen molar-refractivity contribution in [3.63, 3.8) is 0 Å². The minimum absolute atomic E-state index is 0.0207. The quantitative estimate of drug-likeness (QED) is 0.616. The van der Waals surface area contributed by atoms with Gasteiger partial charge in [0.25, 0.3) is 0 Å². The standard InChI is InChI=1S/C16H18BrN3O5S/c17-11-2-3-13-12(7-11)10(8-18-13)6-14(16(22)23)19-15(21)9-20-4-1-5-26(20,24)25/h2-3,7-8,14,18H,1,4-6,9H2,(H,19,21)(H,22,23)/t14-/m0/s1. The SMILES string of the molecule is O=C(CN1CCCS1(=O)=O)N[C@@H](Cc1c[nH]c2ccc(Br)cc12)C(=O)O. The monoisotopic (exact) mass is 443 g/mol. The summed E-state index contributed by atoms with van der Waals surface area (Å²) in [4.78, 5) is 26.8. The summed E-state index contributed by atoms with van der Waals surface area (Å²) < 4.78 is 25.5. The van der Waals surface area contributed by atoms with E-state index in [0.29, 0.717) is 6.42 Å². The molecule has 10 heteroatoms. The number of aliphatic carboxylic acids is 1. The molecule has 3 rings (SSSR count). The number of fused-ring (bicyclic) bond motifs is 1. The molecular weight excluding hydrogens is 426 g/mol. The van der Waals surface area contributed by atoms with Crippen LogP contribution in [-0.2, 0) is 26.0 Å². The van der Waals surface area contributed by atoms with E-state index in [2.05, 4.69) is 26.2 Å². The summed E-state index contributed by atoms with van der Waals surface area (Å²) in [5.41, 5.74) is 1.62. The van der Waals surface area contributed by atoms with Crippen LogP contribution in [0.3, 0.4) is 0 Å². The first-order valence-corrected chi connectivity index (χ1v) is 10.4. The van der Waals surface area contributed by atoms with Gasteiger partial charge in [-0.05, 0) is 30.2 Å². The van der Waals surface area contributed by atoms with E-state index in [1.165, 1.54) is 0 Å². The molecule has 1 aliphatic rings. The largest absolute Gasteiger partial charge is 0.480 e. The van der Waals surface area contributed by atoms with Crippen molar-refractivity contribution in [1.82, 2.24) is 14.6 Å². The first-order chi connectivity index (χ1) is 12.3. The topological polar surface area (TPSA) is 120 Å². The van der Waals surface area contributed by atoms with Crippen molar-refractivity contribution in [2.24, 2.45) is 0 Å². The molecule has 0 unspecified atom stereocenters. The second-order valence-electron chi connectivity index (χ2n) is 6.17. The summed E-state index contributed by atoms with van der Waals surface area (Å²) in [6.07, 6.45) is 2.27. The second kappa shape index (κ2) is 7.37. The number of carbonyl (C=O) groups is 2. The molecule has 1 aliphatic heterocycles. The van der Waals surface area contributed by atoms with Crippen LogP contribution in [0.25, 0.3) is 10.9 Å². The predicted octanol–water partition coefficient (Wildman–Crippen LogP) is 1.08. The van der Waals surface area contributed by atoms with E-state index in [1.807, 2.05) is 18.2 Å². The van der Waals surface area contributed by atoms with Crippen LogP contribution in [0, 0.1) is 0 Å². The molecule has 1 atom stereocenters. The third-order valence-corrected chi connectivity index (χ3v) is 6.71. The molecule has 1 fully saturated rings. The summed E-state index contributed by atoms with van der Waals surface area (Å²) in [7, 11) is -3.41. The van der Waals surface area contributed by atoms with Gasteiger partial charge in [0.05, 0.1) is 12.3 Å². The number of sulfonamides is 1. The average Bonchev–Trinajstić information content (AvgIpc) is 3.10. The Hall–Kier alpha value is -1.91. The summed E-state index contributed by atoms with van der Waals surface area (Å²) in [6.45, 7) is -0.0739. The van der Waals surface area contributed by atoms with Crippen molar-refractivity contribution >= 4 is 48.7 Å². The number of hydrogen-bond acceptors (Lipinski definition) is 4. The molecule has 1 amide bonds. The Bertz CT molecular complexity index is 956. The number of carboxylic acids is 1. The molecular formula is C16H18BrN3O5S. The van der Waals surface area contributed by atoms with Gasteiger partial charge in [-0.25, -0.2) is 13.2 Å². The Kier molecular flexibility index (Phi) is 5.35. The average molecular weight is 444 g/mol. The Morgan fingerprint density at radius 2 is 2.15 bits per heavy atom. The van der Waals surface area contributed by atoms with Gasteiger partial charge in [-0.2, -0.15) is 4.31 Å². The molecule has 0 aliphatic carbocycles. The van der Waals surface area contributed by atoms with Gasteiger partial charge >= 0.3 is 5.97 Å². The third-order valence-electron chi connectivity index (χ3n) is 4.31. The zero-order valence-corrected chi connectivity index (χ0v) is 16.1. The van der Waals surface area contributed by atoms with Crippen LogP contribution in [0.1, 0.15) is 12.0 Å². The number of hydrogen-bond donors (Lipinski definition) is 3. The molecule has 1 saturated heterocycles. The van der Waals surface area contributed by atoms with E-state index in [4.69, 9.17) is 0 Å². The van der Waals surface area contributed by atoms with Gasteiger partial charge in [0.15, 0.2) is 0 Å². The van der Waals surface area contributed by atoms with E-state index in [-0.39, 0.29) is 25.3 Å². The van der Waals surface area contributed by atoms with Gasteiger partial charge in [-0.1, -0.05) is 15.9 Å². The molecule has 8 nitrogen and oxygen atoms in total. The molecule has 0 radical (unpaired) electrons. The molecule has 0 bridgehead atoms. The van der Waals surface area contributed by atoms with Crippen LogP contribution in [0.4, 0.5) is 0 Å². The molecule has 1 aromatic carbocycles. The van der Waals surface area contributed by atoms with Crippen molar-refractivity contribution in [1.29, 1.82) is 0 Å². The number of carbonyl (C=O) groups excluding carboxylic acids is 1. The molecule has 0 spiro atoms. The van der Waals surface area contributed by atoms with Crippen LogP contribution in [0.2, 0.25) is 0 Å². The highest BCUT2D eigenvalue weighted by Crippen LogP contribution is 2.23. The van der Waals surface area contributed by atoms with Crippen LogP contribution >= 0.6 is 15.9 Å². The van der Waals surface area contributed by atoms with E-state index >= 15 is 0 Å². The lowest BCUT2D eigenvalue weighted by atomic mass is 10.0. The summed E-state index contributed by atoms with van der Waals surface area (Å²) >= 11 is 3.38. The lowest BCUT2D eigenvalue weighted by molar-refractivity contribution is -0.141. The third kappa shape index (κ3) is 4.08. The Morgan fingerprint density at radius 3 is 2.81 bits per heavy atom. The summed E-state index contributed by atoms with van der Waals surface area (Å²) in [5.74, 6) is -1.77. The number of benzene rings is 1. The number of rotatable bonds is 6. The van der Waals surface area contributed by atoms with Crippen molar-refractivity contribution in [2.45, 2.75) is 18.9 Å². The minimum Gasteiger partial charge on any atom is -0.480 e. The second-order valence-corrected chi connectivity index (χ2v) is 9.17. The normalized spacial score (nSPS) is 18.0. The van der Waals surface area contributed by atoms with Crippen molar-refractivity contribution in [3.8, 4) is 0 Å². The number of aromatic nitrogens is 1. The fourth-order valence-electron chi connectivity index (χ4n) is 3.01. The van der Waals surface area contributed by atoms with Crippen molar-refractivity contribution in [3.05, 3.63) is 34.4 Å². The number of carboxylic acid groups (broad SMARTS) is 1. The summed E-state index contributed by atoms with van der Waals surface area (Å²) in [6, 6.07) is 4.47. The molecule has 140 valence electrons. The number of nitrogens with zero attached hydrogens (tertiary/aromatic N) is 1. The van der Waals surface area contributed by atoms with Gasteiger partial charge in [0.1, 0.15) is 6.04 Å². The highest BCUT2D eigenvalue weighted by Gasteiger charge is 2.31. The molecule has 2 heterocycles. The summed E-state index contributed by atoms with van der Waals surface area (Å²) in [5, 5.41) is 12.7. The minimum atomic E-state index is -3.41. The van der Waals surface area contributed by atoms with Crippen molar-refractivity contribution in [2.75, 3.05) is 18.8 Å². The smallest absolute Gasteiger partial charge is 0.326 e. The van der Waals surface area contributed by atoms with Crippen LogP contribution in [-0.4, -0.2) is 59.6 Å². The predicted molar refractivity (Wildman–Crippen MR) is 99.2 cm³/mol. The van der Waals surface area contributed by atoms with Crippen molar-refractivity contribution < 1.29 is 23.1 Å². The molecule has 26 heavy (non-hydrogen) atoms. The lowest BCUT2D eigenvalue weighted by Crippen LogP contribution is -2.46. The highest BCUT2D eigenvalue weighted by molar-refractivity contribution is 9.10. The number of amides is 1. The zero-order valence-electron chi connectivity index (χ0n) is 13.7. The van der Waals surface area contributed by atoms with Gasteiger partial charge < -0.3 is 15.4 Å².